The second-order valence-corrected chi connectivity index (χ2v) is 17.2. The predicted molar refractivity (Wildman–Crippen MR) is 192 cm³/mol. The molecule has 0 radical (unpaired) electrons. The van der Waals surface area contributed by atoms with Gasteiger partial charge < -0.3 is 11.5 Å². The number of nitrogen functional groups attached to an aromatic ring is 1. The molecule has 4 aliphatic carbocycles. The van der Waals surface area contributed by atoms with Crippen LogP contribution in [0, 0.1) is 47.3 Å². The Balaban J connectivity index is 0.000000344. The standard InChI is InChI=1S/C32H56N8.C6H7N2.Cu/c1-2-10-18-17(9-1)25-33-26(18)38-28-21-13-5-6-14-22(21)30(35-28)40-32-24-16-8-7-15-23(24)31(36-32)39-29-20-12-4-3-11-19(20)27(34-29)37-25;7-5-1-2-6(8)4-3-5;/h17-40H,1-16H2;1-4,7H,8H2;/q;-1;+1. The minimum atomic E-state index is 0. The van der Waals surface area contributed by atoms with Gasteiger partial charge in [-0.1, -0.05) is 63.5 Å². The molecule has 276 valence electrons. The Morgan fingerprint density at radius 1 is 0.367 bits per heavy atom. The largest absolute Gasteiger partial charge is 1.00 e. The average molecular weight is 724 g/mol. The molecule has 1 aromatic rings. The molecular formula is C38H63CuN10. The fourth-order valence-corrected chi connectivity index (χ4v) is 12.5. The summed E-state index contributed by atoms with van der Waals surface area (Å²) >= 11 is 0. The van der Waals surface area contributed by atoms with Gasteiger partial charge in [-0.15, -0.1) is 5.69 Å². The van der Waals surface area contributed by atoms with E-state index in [0.29, 0.717) is 60.7 Å². The third kappa shape index (κ3) is 6.96. The van der Waals surface area contributed by atoms with Crippen molar-refractivity contribution in [2.75, 3.05) is 5.73 Å². The van der Waals surface area contributed by atoms with Crippen LogP contribution in [-0.2, 0) is 17.1 Å². The molecule has 10 nitrogen and oxygen atoms in total. The van der Waals surface area contributed by atoms with Gasteiger partial charge in [0, 0.05) is 5.69 Å². The molecule has 11 heteroatoms. The van der Waals surface area contributed by atoms with Crippen LogP contribution < -0.4 is 48.3 Å². The number of anilines is 1. The van der Waals surface area contributed by atoms with Crippen LogP contribution in [0.5, 0.6) is 0 Å². The normalized spacial score (nSPS) is 48.5. The van der Waals surface area contributed by atoms with Crippen LogP contribution in [0.25, 0.3) is 5.73 Å². The van der Waals surface area contributed by atoms with Crippen molar-refractivity contribution in [3.05, 3.63) is 30.0 Å². The van der Waals surface area contributed by atoms with Crippen LogP contribution in [0.15, 0.2) is 24.3 Å². The Hall–Kier alpha value is -0.981. The first-order valence-corrected chi connectivity index (χ1v) is 20.2. The van der Waals surface area contributed by atoms with Crippen molar-refractivity contribution in [3.8, 4) is 0 Å². The third-order valence-corrected chi connectivity index (χ3v) is 14.7. The van der Waals surface area contributed by atoms with Crippen LogP contribution >= 0.6 is 0 Å². The van der Waals surface area contributed by atoms with Gasteiger partial charge in [-0.05, 0) is 111 Å². The molecule has 0 spiro atoms. The number of nitrogens with two attached hydrogens (primary N) is 1. The van der Waals surface area contributed by atoms with E-state index >= 15 is 0 Å². The van der Waals surface area contributed by atoms with Gasteiger partial charge in [0.25, 0.3) is 0 Å². The molecule has 11 N–H and O–H groups in total. The van der Waals surface area contributed by atoms with E-state index in [9.17, 15) is 0 Å². The molecule has 8 unspecified atom stereocenters. The summed E-state index contributed by atoms with van der Waals surface area (Å²) in [6.07, 6.45) is 25.6. The molecule has 1 aromatic carbocycles. The van der Waals surface area contributed by atoms with Crippen molar-refractivity contribution in [1.82, 2.24) is 42.5 Å². The Bertz CT molecular complexity index is 1010. The Labute approximate surface area is 305 Å². The van der Waals surface area contributed by atoms with E-state index in [-0.39, 0.29) is 17.1 Å². The van der Waals surface area contributed by atoms with Crippen LogP contribution in [0.1, 0.15) is 103 Å². The summed E-state index contributed by atoms with van der Waals surface area (Å²) in [5.74, 6) is 5.97. The summed E-state index contributed by atoms with van der Waals surface area (Å²) in [5, 5.41) is 33.8. The predicted octanol–water partition coefficient (Wildman–Crippen LogP) is 4.56. The number of hydrogen-bond donors (Lipinski definition) is 9. The van der Waals surface area contributed by atoms with E-state index in [4.69, 9.17) is 11.5 Å². The number of benzene rings is 1. The molecule has 0 amide bonds. The van der Waals surface area contributed by atoms with Gasteiger partial charge in [-0.25, -0.2) is 0 Å². The van der Waals surface area contributed by atoms with Crippen molar-refractivity contribution in [3.63, 3.8) is 0 Å². The van der Waals surface area contributed by atoms with E-state index in [1.807, 2.05) is 0 Å². The molecule has 8 atom stereocenters. The van der Waals surface area contributed by atoms with E-state index in [1.54, 1.807) is 24.3 Å². The van der Waals surface area contributed by atoms with Gasteiger partial charge in [-0.2, -0.15) is 0 Å². The zero-order chi connectivity index (χ0) is 32.2. The topological polar surface area (TPSA) is 146 Å². The van der Waals surface area contributed by atoms with E-state index in [2.05, 4.69) is 42.5 Å². The van der Waals surface area contributed by atoms with Crippen LogP contribution in [-0.4, -0.2) is 49.3 Å². The molecule has 5 aliphatic heterocycles. The SMILES string of the molecule is C1CCC2C3NC(NC4NC(NC5NC(NC6NC(N3)C3CCCCC63)C3CCCCC53)C3CCCCC43)C2C1.[Cu+].[NH-]c1ccc(N)cc1. The minimum absolute atomic E-state index is 0. The van der Waals surface area contributed by atoms with Gasteiger partial charge in [0.05, 0.1) is 49.3 Å². The Kier molecular flexibility index (Phi) is 10.9. The van der Waals surface area contributed by atoms with Crippen LogP contribution in [0.4, 0.5) is 11.4 Å². The molecule has 4 saturated carbocycles. The van der Waals surface area contributed by atoms with Crippen LogP contribution in [0.3, 0.4) is 0 Å². The second-order valence-electron chi connectivity index (χ2n) is 17.2. The van der Waals surface area contributed by atoms with Gasteiger partial charge in [0.2, 0.25) is 0 Å². The summed E-state index contributed by atoms with van der Waals surface area (Å²) in [6, 6.07) is 6.75. The summed E-state index contributed by atoms with van der Waals surface area (Å²) in [4.78, 5) is 0. The summed E-state index contributed by atoms with van der Waals surface area (Å²) in [7, 11) is 0. The first kappa shape index (κ1) is 35.1. The quantitative estimate of drug-likeness (QED) is 0.139. The number of nitrogens with one attached hydrogen (secondary N) is 9. The average Bonchev–Trinajstić information content (AvgIpc) is 3.86. The maximum Gasteiger partial charge on any atom is 1.00 e. The van der Waals surface area contributed by atoms with E-state index in [0.717, 1.165) is 47.3 Å². The van der Waals surface area contributed by atoms with Gasteiger partial charge in [-0.3, -0.25) is 42.5 Å². The number of fused-ring (bicyclic) bond motifs is 20. The van der Waals surface area contributed by atoms with Gasteiger partial charge in [0.1, 0.15) is 0 Å². The second kappa shape index (κ2) is 15.2. The fourth-order valence-electron chi connectivity index (χ4n) is 12.5. The van der Waals surface area contributed by atoms with Crippen molar-refractivity contribution >= 4 is 11.4 Å². The van der Waals surface area contributed by atoms with Crippen LogP contribution in [0.2, 0.25) is 0 Å². The first-order valence-electron chi connectivity index (χ1n) is 20.2. The summed E-state index contributed by atoms with van der Waals surface area (Å²) in [5.41, 5.74) is 13.6. The molecule has 8 bridgehead atoms. The first-order chi connectivity index (χ1) is 23.6. The Morgan fingerprint density at radius 2 is 0.551 bits per heavy atom. The molecule has 10 rings (SSSR count). The van der Waals surface area contributed by atoms with Gasteiger partial charge in [0.15, 0.2) is 0 Å². The van der Waals surface area contributed by atoms with Crippen molar-refractivity contribution in [1.29, 1.82) is 0 Å². The zero-order valence-electron chi connectivity index (χ0n) is 29.2. The molecule has 0 aromatic heterocycles. The number of hydrogen-bond acceptors (Lipinski definition) is 9. The van der Waals surface area contributed by atoms with E-state index in [1.165, 1.54) is 103 Å². The molecule has 9 aliphatic rings. The molecule has 5 saturated heterocycles. The zero-order valence-corrected chi connectivity index (χ0v) is 30.2. The molecule has 49 heavy (non-hydrogen) atoms. The van der Waals surface area contributed by atoms with Crippen molar-refractivity contribution < 1.29 is 17.1 Å². The maximum atomic E-state index is 7.04. The molecular weight excluding hydrogens is 660 g/mol. The van der Waals surface area contributed by atoms with Crippen molar-refractivity contribution in [2.24, 2.45) is 47.3 Å². The minimum Gasteiger partial charge on any atom is -0.699 e. The Morgan fingerprint density at radius 3 is 0.714 bits per heavy atom. The monoisotopic (exact) mass is 722 g/mol. The van der Waals surface area contributed by atoms with E-state index < -0.39 is 0 Å². The van der Waals surface area contributed by atoms with Gasteiger partial charge >= 0.3 is 17.1 Å². The fraction of sp³-hybridized carbons (Fsp3) is 0.842. The summed E-state index contributed by atoms with van der Waals surface area (Å²) < 4.78 is 0. The maximum absolute atomic E-state index is 7.04. The number of rotatable bonds is 0. The van der Waals surface area contributed by atoms with Crippen molar-refractivity contribution in [2.45, 2.75) is 152 Å². The smallest absolute Gasteiger partial charge is 0.699 e. The molecule has 5 heterocycles. The molecule has 9 fully saturated rings. The summed E-state index contributed by atoms with van der Waals surface area (Å²) in [6.45, 7) is 0. The third-order valence-electron chi connectivity index (χ3n) is 14.7.